The third-order valence-electron chi connectivity index (χ3n) is 5.63. The second-order valence-corrected chi connectivity index (χ2v) is 7.93. The fourth-order valence-electron chi connectivity index (χ4n) is 3.94. The van der Waals surface area contributed by atoms with Crippen LogP contribution in [0.25, 0.3) is 33.3 Å². The van der Waals surface area contributed by atoms with Crippen LogP contribution in [0.3, 0.4) is 0 Å². The lowest BCUT2D eigenvalue weighted by Crippen LogP contribution is -2.17. The molecule has 0 radical (unpaired) electrons. The van der Waals surface area contributed by atoms with Gasteiger partial charge in [0.1, 0.15) is 23.5 Å². The Morgan fingerprint density at radius 2 is 1.88 bits per heavy atom. The molecule has 0 saturated heterocycles. The molecular weight excluding hydrogens is 408 g/mol. The minimum atomic E-state index is -0.316. The first kappa shape index (κ1) is 21.7. The van der Waals surface area contributed by atoms with Gasteiger partial charge in [0.25, 0.3) is 0 Å². The summed E-state index contributed by atoms with van der Waals surface area (Å²) in [5.74, 6) is 0.101. The quantitative estimate of drug-likeness (QED) is 0.159. The molecule has 0 saturated carbocycles. The second-order valence-electron chi connectivity index (χ2n) is 7.93. The number of rotatable bonds is 11. The Morgan fingerprint density at radius 3 is 2.69 bits per heavy atom. The lowest BCUT2D eigenvalue weighted by Gasteiger charge is -2.04. The molecule has 0 fully saturated rings. The molecule has 0 atom stereocenters. The molecule has 4 heterocycles. The molecule has 4 aromatic heterocycles. The Bertz CT molecular complexity index is 1200. The largest absolute Gasteiger partial charge is 0.383 e. The van der Waals surface area contributed by atoms with Crippen molar-refractivity contribution in [2.45, 2.75) is 57.9 Å². The van der Waals surface area contributed by atoms with Crippen molar-refractivity contribution >= 4 is 33.8 Å². The third-order valence-corrected chi connectivity index (χ3v) is 5.63. The van der Waals surface area contributed by atoms with Crippen molar-refractivity contribution < 1.29 is 10.0 Å². The Balaban J connectivity index is 1.36. The monoisotopic (exact) mass is 436 g/mol. The molecule has 0 aliphatic rings. The number of H-pyrrole nitrogens is 1. The molecule has 4 rings (SSSR count). The zero-order valence-corrected chi connectivity index (χ0v) is 17.9. The topological polar surface area (TPSA) is 148 Å². The zero-order chi connectivity index (χ0) is 22.3. The number of nitrogens with two attached hydrogens (primary N) is 1. The molecule has 32 heavy (non-hydrogen) atoms. The van der Waals surface area contributed by atoms with Crippen molar-refractivity contribution in [2.24, 2.45) is 0 Å². The van der Waals surface area contributed by atoms with Gasteiger partial charge >= 0.3 is 0 Å². The number of fused-ring (bicyclic) bond motifs is 2. The summed E-state index contributed by atoms with van der Waals surface area (Å²) in [6.07, 6.45) is 12.7. The normalized spacial score (nSPS) is 11.4. The van der Waals surface area contributed by atoms with E-state index >= 15 is 0 Å². The van der Waals surface area contributed by atoms with E-state index in [1.807, 2.05) is 23.0 Å². The number of hydroxylamine groups is 1. The first-order valence-electron chi connectivity index (χ1n) is 11.0. The van der Waals surface area contributed by atoms with E-state index in [9.17, 15) is 4.79 Å². The van der Waals surface area contributed by atoms with Crippen LogP contribution in [0.1, 0.15) is 51.4 Å². The van der Waals surface area contributed by atoms with Gasteiger partial charge in [-0.05, 0) is 25.0 Å². The number of hydrogen-bond donors (Lipinski definition) is 4. The molecule has 0 spiro atoms. The van der Waals surface area contributed by atoms with Crippen LogP contribution >= 0.6 is 0 Å². The van der Waals surface area contributed by atoms with Crippen molar-refractivity contribution in [2.75, 3.05) is 5.73 Å². The Kier molecular flexibility index (Phi) is 6.90. The second kappa shape index (κ2) is 10.2. The summed E-state index contributed by atoms with van der Waals surface area (Å²) in [6, 6.07) is 4.02. The lowest BCUT2D eigenvalue weighted by molar-refractivity contribution is -0.129. The van der Waals surface area contributed by atoms with Crippen molar-refractivity contribution in [3.63, 3.8) is 0 Å². The molecule has 10 nitrogen and oxygen atoms in total. The highest BCUT2D eigenvalue weighted by atomic mass is 16.5. The van der Waals surface area contributed by atoms with Crippen LogP contribution in [0, 0.1) is 0 Å². The average molecular weight is 437 g/mol. The van der Waals surface area contributed by atoms with E-state index in [-0.39, 0.29) is 5.91 Å². The molecular formula is C22H28N8O2. The third kappa shape index (κ3) is 4.86. The van der Waals surface area contributed by atoms with Gasteiger partial charge in [-0.15, -0.1) is 0 Å². The zero-order valence-electron chi connectivity index (χ0n) is 17.9. The number of amides is 1. The number of carbonyl (C=O) groups excluding carboxylic acids is 1. The van der Waals surface area contributed by atoms with Gasteiger partial charge < -0.3 is 10.7 Å². The summed E-state index contributed by atoms with van der Waals surface area (Å²) >= 11 is 0. The lowest BCUT2D eigenvalue weighted by atomic mass is 10.1. The van der Waals surface area contributed by atoms with Gasteiger partial charge in [-0.2, -0.15) is 5.10 Å². The molecule has 1 amide bonds. The van der Waals surface area contributed by atoms with E-state index < -0.39 is 0 Å². The average Bonchev–Trinajstić information content (AvgIpc) is 3.42. The molecule has 168 valence electrons. The highest BCUT2D eigenvalue weighted by Gasteiger charge is 2.17. The maximum atomic E-state index is 11.0. The van der Waals surface area contributed by atoms with Gasteiger partial charge in [-0.1, -0.05) is 32.1 Å². The standard InChI is InChI=1S/C22H28N8O2/c23-20-18-19(16-12-15-9-10-24-21(15)25-13-16)28-30(22(18)27-14-26-20)11-7-5-3-1-2-4-6-8-17(31)29-32/h9-10,12-14,32H,1-8,11H2,(H,24,25)(H,29,31)(H2,23,26,27). The highest BCUT2D eigenvalue weighted by molar-refractivity contribution is 5.99. The van der Waals surface area contributed by atoms with Crippen LogP contribution < -0.4 is 11.2 Å². The summed E-state index contributed by atoms with van der Waals surface area (Å²) in [5, 5.41) is 15.1. The minimum absolute atomic E-state index is 0.316. The van der Waals surface area contributed by atoms with Crippen molar-refractivity contribution in [1.29, 1.82) is 0 Å². The van der Waals surface area contributed by atoms with E-state index in [2.05, 4.69) is 19.9 Å². The fourth-order valence-corrected chi connectivity index (χ4v) is 3.94. The fraction of sp³-hybridized carbons (Fsp3) is 0.409. The van der Waals surface area contributed by atoms with Gasteiger partial charge in [0.2, 0.25) is 5.91 Å². The smallest absolute Gasteiger partial charge is 0.243 e. The van der Waals surface area contributed by atoms with Crippen LogP contribution in [0.5, 0.6) is 0 Å². The van der Waals surface area contributed by atoms with E-state index in [4.69, 9.17) is 16.0 Å². The van der Waals surface area contributed by atoms with Crippen LogP contribution in [0.2, 0.25) is 0 Å². The number of aromatic amines is 1. The minimum Gasteiger partial charge on any atom is -0.383 e. The summed E-state index contributed by atoms with van der Waals surface area (Å²) in [4.78, 5) is 27.2. The molecule has 0 aliphatic carbocycles. The number of nitrogen functional groups attached to an aromatic ring is 1. The number of anilines is 1. The van der Waals surface area contributed by atoms with Gasteiger partial charge in [-0.25, -0.2) is 25.1 Å². The van der Waals surface area contributed by atoms with Gasteiger partial charge in [0.15, 0.2) is 5.65 Å². The highest BCUT2D eigenvalue weighted by Crippen LogP contribution is 2.31. The molecule has 0 unspecified atom stereocenters. The first-order valence-corrected chi connectivity index (χ1v) is 11.0. The number of hydrogen-bond acceptors (Lipinski definition) is 7. The number of pyridine rings is 1. The van der Waals surface area contributed by atoms with E-state index in [1.165, 1.54) is 6.33 Å². The summed E-state index contributed by atoms with van der Waals surface area (Å²) < 4.78 is 1.91. The number of nitrogens with zero attached hydrogens (tertiary/aromatic N) is 5. The van der Waals surface area contributed by atoms with E-state index in [1.54, 1.807) is 11.7 Å². The summed E-state index contributed by atoms with van der Waals surface area (Å²) in [5.41, 5.74) is 11.1. The summed E-state index contributed by atoms with van der Waals surface area (Å²) in [6.45, 7) is 0.753. The van der Waals surface area contributed by atoms with Gasteiger partial charge in [0.05, 0.1) is 5.39 Å². The van der Waals surface area contributed by atoms with E-state index in [0.717, 1.165) is 84.8 Å². The summed E-state index contributed by atoms with van der Waals surface area (Å²) in [7, 11) is 0. The van der Waals surface area contributed by atoms with Crippen molar-refractivity contribution in [3.05, 3.63) is 30.9 Å². The van der Waals surface area contributed by atoms with Crippen LogP contribution in [-0.2, 0) is 11.3 Å². The van der Waals surface area contributed by atoms with Gasteiger partial charge in [-0.3, -0.25) is 10.0 Å². The molecule has 5 N–H and O–H groups in total. The van der Waals surface area contributed by atoms with Crippen LogP contribution in [0.4, 0.5) is 5.82 Å². The molecule has 0 aromatic carbocycles. The number of aryl methyl sites for hydroxylation is 1. The van der Waals surface area contributed by atoms with Crippen LogP contribution in [0.15, 0.2) is 30.9 Å². The van der Waals surface area contributed by atoms with E-state index in [0.29, 0.717) is 12.2 Å². The van der Waals surface area contributed by atoms with Crippen LogP contribution in [-0.4, -0.2) is 40.8 Å². The van der Waals surface area contributed by atoms with Crippen molar-refractivity contribution in [1.82, 2.24) is 35.2 Å². The number of carbonyl (C=O) groups is 1. The predicted molar refractivity (Wildman–Crippen MR) is 122 cm³/mol. The number of aromatic nitrogens is 6. The molecule has 4 aromatic rings. The van der Waals surface area contributed by atoms with Gasteiger partial charge in [0, 0.05) is 36.3 Å². The Labute approximate surface area is 185 Å². The maximum absolute atomic E-state index is 11.0. The SMILES string of the molecule is Nc1ncnc2c1c(-c1cnc3[nH]ccc3c1)nn2CCCCCCCCCC(=O)NO. The Morgan fingerprint density at radius 1 is 1.09 bits per heavy atom. The number of nitrogens with one attached hydrogen (secondary N) is 2. The maximum Gasteiger partial charge on any atom is 0.243 e. The molecule has 0 bridgehead atoms. The number of unbranched alkanes of at least 4 members (excludes halogenated alkanes) is 6. The molecule has 10 heteroatoms. The first-order chi connectivity index (χ1) is 15.7. The molecule has 0 aliphatic heterocycles. The Hall–Kier alpha value is -3.53. The predicted octanol–water partition coefficient (Wildman–Crippen LogP) is 3.58. The van der Waals surface area contributed by atoms with Crippen molar-refractivity contribution in [3.8, 4) is 11.3 Å².